The number of benzene rings is 1. The van der Waals surface area contributed by atoms with Gasteiger partial charge in [-0.05, 0) is 42.3 Å². The summed E-state index contributed by atoms with van der Waals surface area (Å²) < 4.78 is 7.23. The van der Waals surface area contributed by atoms with Crippen molar-refractivity contribution in [3.63, 3.8) is 0 Å². The van der Waals surface area contributed by atoms with Gasteiger partial charge in [-0.3, -0.25) is 0 Å². The first-order valence-corrected chi connectivity index (χ1v) is 5.87. The molecule has 1 aliphatic carbocycles. The van der Waals surface area contributed by atoms with E-state index in [1.165, 1.54) is 0 Å². The van der Waals surface area contributed by atoms with Crippen LogP contribution in [0.15, 0.2) is 18.2 Å². The second-order valence-corrected chi connectivity index (χ2v) is 4.87. The second-order valence-electron chi connectivity index (χ2n) is 4.87. The van der Waals surface area contributed by atoms with Crippen molar-refractivity contribution in [1.29, 1.82) is 0 Å². The Morgan fingerprint density at radius 3 is 2.83 bits per heavy atom. The summed E-state index contributed by atoms with van der Waals surface area (Å²) in [6, 6.07) is 5.50. The van der Waals surface area contributed by atoms with Crippen molar-refractivity contribution in [1.82, 2.24) is 20.2 Å². The van der Waals surface area contributed by atoms with Crippen molar-refractivity contribution < 1.29 is 4.74 Å². The highest BCUT2D eigenvalue weighted by atomic mass is 16.5. The minimum Gasteiger partial charge on any atom is -0.496 e. The fraction of sp³-hybridized carbons (Fsp3) is 0.417. The Kier molecular flexibility index (Phi) is 2.26. The average Bonchev–Trinajstić information content (AvgIpc) is 2.93. The number of hydrogen-bond acceptors (Lipinski definition) is 5. The Bertz CT molecular complexity index is 588. The Morgan fingerprint density at radius 2 is 2.17 bits per heavy atom. The van der Waals surface area contributed by atoms with Crippen LogP contribution in [0, 0.1) is 0 Å². The monoisotopic (exact) mass is 245 g/mol. The molecule has 0 aliphatic heterocycles. The number of aromatic nitrogens is 4. The molecular formula is C12H15N5O. The van der Waals surface area contributed by atoms with Gasteiger partial charge in [-0.15, -0.1) is 5.10 Å². The van der Waals surface area contributed by atoms with E-state index in [1.54, 1.807) is 13.2 Å². The predicted molar refractivity (Wildman–Crippen MR) is 67.1 cm³/mol. The molecule has 0 unspecified atom stereocenters. The molecule has 18 heavy (non-hydrogen) atoms. The van der Waals surface area contributed by atoms with Gasteiger partial charge < -0.3 is 10.5 Å². The van der Waals surface area contributed by atoms with Crippen molar-refractivity contribution in [2.45, 2.75) is 25.3 Å². The van der Waals surface area contributed by atoms with Crippen molar-refractivity contribution in [3.05, 3.63) is 18.2 Å². The molecule has 0 saturated heterocycles. The van der Waals surface area contributed by atoms with E-state index < -0.39 is 0 Å². The normalized spacial score (nSPS) is 16.6. The van der Waals surface area contributed by atoms with E-state index >= 15 is 0 Å². The lowest BCUT2D eigenvalue weighted by Gasteiger charge is -2.13. The Balaban J connectivity index is 2.13. The van der Waals surface area contributed by atoms with Crippen LogP contribution in [-0.4, -0.2) is 27.3 Å². The predicted octanol–water partition coefficient (Wildman–Crippen LogP) is 1.44. The zero-order chi connectivity index (χ0) is 12.8. The van der Waals surface area contributed by atoms with E-state index in [0.717, 1.165) is 24.2 Å². The number of ether oxygens (including phenoxy) is 1. The van der Waals surface area contributed by atoms with Crippen LogP contribution in [0.1, 0.15) is 19.8 Å². The average molecular weight is 245 g/mol. The van der Waals surface area contributed by atoms with Gasteiger partial charge in [0.15, 0.2) is 5.82 Å². The summed E-state index contributed by atoms with van der Waals surface area (Å²) in [5.41, 5.74) is 7.33. The third-order valence-electron chi connectivity index (χ3n) is 3.42. The van der Waals surface area contributed by atoms with Crippen LogP contribution in [-0.2, 0) is 5.54 Å². The van der Waals surface area contributed by atoms with Gasteiger partial charge in [0.2, 0.25) is 0 Å². The highest BCUT2D eigenvalue weighted by molar-refractivity contribution is 5.68. The van der Waals surface area contributed by atoms with E-state index in [2.05, 4.69) is 22.4 Å². The quantitative estimate of drug-likeness (QED) is 0.828. The highest BCUT2D eigenvalue weighted by Gasteiger charge is 2.42. The minimum absolute atomic E-state index is 0.0469. The summed E-state index contributed by atoms with van der Waals surface area (Å²) in [5, 5.41) is 12.0. The standard InChI is InChI=1S/C12H15N5O/c1-12(5-6-12)17-11(14-15-16-17)9-4-3-8(13)7-10(9)18-2/h3-4,7H,5-6,13H2,1-2H3. The summed E-state index contributed by atoms with van der Waals surface area (Å²) in [4.78, 5) is 0. The third-order valence-corrected chi connectivity index (χ3v) is 3.42. The molecule has 1 aromatic carbocycles. The molecule has 1 aromatic heterocycles. The van der Waals surface area contributed by atoms with Crippen LogP contribution >= 0.6 is 0 Å². The molecule has 2 N–H and O–H groups in total. The van der Waals surface area contributed by atoms with Crippen LogP contribution in [0.2, 0.25) is 0 Å². The Hall–Kier alpha value is -2.11. The minimum atomic E-state index is 0.0469. The summed E-state index contributed by atoms with van der Waals surface area (Å²) in [6.07, 6.45) is 2.20. The lowest BCUT2D eigenvalue weighted by atomic mass is 10.1. The topological polar surface area (TPSA) is 78.8 Å². The Morgan fingerprint density at radius 1 is 1.39 bits per heavy atom. The molecule has 1 saturated carbocycles. The van der Waals surface area contributed by atoms with E-state index in [0.29, 0.717) is 11.4 Å². The van der Waals surface area contributed by atoms with Gasteiger partial charge in [-0.1, -0.05) is 0 Å². The smallest absolute Gasteiger partial charge is 0.186 e. The maximum absolute atomic E-state index is 5.75. The number of hydrogen-bond donors (Lipinski definition) is 1. The number of nitrogens with two attached hydrogens (primary N) is 1. The van der Waals surface area contributed by atoms with E-state index in [9.17, 15) is 0 Å². The molecule has 1 heterocycles. The fourth-order valence-corrected chi connectivity index (χ4v) is 2.00. The van der Waals surface area contributed by atoms with Gasteiger partial charge in [-0.25, -0.2) is 4.68 Å². The SMILES string of the molecule is COc1cc(N)ccc1-c1nnnn1C1(C)CC1. The van der Waals surface area contributed by atoms with Gasteiger partial charge in [-0.2, -0.15) is 0 Å². The van der Waals surface area contributed by atoms with Crippen LogP contribution < -0.4 is 10.5 Å². The molecule has 94 valence electrons. The summed E-state index contributed by atoms with van der Waals surface area (Å²) in [5.74, 6) is 1.42. The molecule has 3 rings (SSSR count). The number of anilines is 1. The van der Waals surface area contributed by atoms with Gasteiger partial charge >= 0.3 is 0 Å². The molecule has 1 aliphatic rings. The Labute approximate surface area is 105 Å². The van der Waals surface area contributed by atoms with Gasteiger partial charge in [0, 0.05) is 11.8 Å². The van der Waals surface area contributed by atoms with E-state index in [-0.39, 0.29) is 5.54 Å². The first-order valence-electron chi connectivity index (χ1n) is 5.87. The van der Waals surface area contributed by atoms with Gasteiger partial charge in [0.05, 0.1) is 18.2 Å². The maximum atomic E-state index is 5.75. The molecule has 0 bridgehead atoms. The van der Waals surface area contributed by atoms with Crippen molar-refractivity contribution in [3.8, 4) is 17.1 Å². The maximum Gasteiger partial charge on any atom is 0.186 e. The molecule has 1 fully saturated rings. The number of tetrazole rings is 1. The van der Waals surface area contributed by atoms with Gasteiger partial charge in [0.1, 0.15) is 5.75 Å². The number of rotatable bonds is 3. The molecule has 0 radical (unpaired) electrons. The molecule has 0 atom stereocenters. The summed E-state index contributed by atoms with van der Waals surface area (Å²) >= 11 is 0. The van der Waals surface area contributed by atoms with E-state index in [1.807, 2.05) is 16.8 Å². The number of nitrogens with zero attached hydrogens (tertiary/aromatic N) is 4. The van der Waals surface area contributed by atoms with Crippen molar-refractivity contribution in [2.24, 2.45) is 0 Å². The first kappa shape index (κ1) is 11.0. The highest BCUT2D eigenvalue weighted by Crippen LogP contribution is 2.44. The third kappa shape index (κ3) is 1.61. The first-order chi connectivity index (χ1) is 8.64. The number of nitrogen functional groups attached to an aromatic ring is 1. The molecule has 0 amide bonds. The van der Waals surface area contributed by atoms with Crippen LogP contribution in [0.3, 0.4) is 0 Å². The summed E-state index contributed by atoms with van der Waals surface area (Å²) in [7, 11) is 1.62. The van der Waals surface area contributed by atoms with Crippen molar-refractivity contribution >= 4 is 5.69 Å². The molecule has 6 nitrogen and oxygen atoms in total. The molecular weight excluding hydrogens is 230 g/mol. The zero-order valence-electron chi connectivity index (χ0n) is 10.4. The van der Waals surface area contributed by atoms with Crippen molar-refractivity contribution in [2.75, 3.05) is 12.8 Å². The molecule has 2 aromatic rings. The molecule has 6 heteroatoms. The largest absolute Gasteiger partial charge is 0.496 e. The lowest BCUT2D eigenvalue weighted by molar-refractivity contribution is 0.414. The number of methoxy groups -OCH3 is 1. The van der Waals surface area contributed by atoms with Crippen LogP contribution in [0.25, 0.3) is 11.4 Å². The zero-order valence-corrected chi connectivity index (χ0v) is 10.4. The second kappa shape index (κ2) is 3.69. The van der Waals surface area contributed by atoms with E-state index in [4.69, 9.17) is 10.5 Å². The summed E-state index contributed by atoms with van der Waals surface area (Å²) in [6.45, 7) is 2.15. The van der Waals surface area contributed by atoms with Gasteiger partial charge in [0.25, 0.3) is 0 Å². The fourth-order valence-electron chi connectivity index (χ4n) is 2.00. The van der Waals surface area contributed by atoms with Crippen LogP contribution in [0.5, 0.6) is 5.75 Å². The lowest BCUT2D eigenvalue weighted by Crippen LogP contribution is -2.15. The van der Waals surface area contributed by atoms with Crippen LogP contribution in [0.4, 0.5) is 5.69 Å². The molecule has 0 spiro atoms.